The van der Waals surface area contributed by atoms with E-state index in [0.29, 0.717) is 17.8 Å². The number of anilines is 1. The molecule has 0 radical (unpaired) electrons. The summed E-state index contributed by atoms with van der Waals surface area (Å²) in [5.41, 5.74) is 2.23. The lowest BCUT2D eigenvalue weighted by Gasteiger charge is -2.16. The topological polar surface area (TPSA) is 81.8 Å². The molecular formula is C12H12N4OS. The van der Waals surface area contributed by atoms with Crippen LogP contribution in [0.3, 0.4) is 0 Å². The zero-order chi connectivity index (χ0) is 12.8. The monoisotopic (exact) mass is 260 g/mol. The van der Waals surface area contributed by atoms with E-state index in [0.717, 1.165) is 4.88 Å². The number of hydrogen-bond donors (Lipinski definition) is 2. The number of aromatic nitrogens is 2. The normalized spacial score (nSPS) is 11.8. The van der Waals surface area contributed by atoms with Crippen molar-refractivity contribution in [3.8, 4) is 6.07 Å². The van der Waals surface area contributed by atoms with E-state index >= 15 is 0 Å². The number of aliphatic hydroxyl groups excluding tert-OH is 1. The summed E-state index contributed by atoms with van der Waals surface area (Å²) in [6.45, 7) is -0.0284. The first kappa shape index (κ1) is 12.5. The van der Waals surface area contributed by atoms with Crippen LogP contribution in [-0.2, 0) is 6.42 Å². The number of hydrogen-bond acceptors (Lipinski definition) is 6. The van der Waals surface area contributed by atoms with Crippen LogP contribution in [0.15, 0.2) is 30.0 Å². The molecule has 0 aliphatic rings. The SMILES string of the molecule is N#Cc1cccnc1NC(CO)Cc1cncs1. The Hall–Kier alpha value is -1.97. The molecular weight excluding hydrogens is 248 g/mol. The minimum Gasteiger partial charge on any atom is -0.394 e. The van der Waals surface area contributed by atoms with Crippen molar-refractivity contribution in [2.45, 2.75) is 12.5 Å². The first-order chi connectivity index (χ1) is 8.83. The van der Waals surface area contributed by atoms with Crippen molar-refractivity contribution in [1.29, 1.82) is 5.26 Å². The number of nitrogens with zero attached hydrogens (tertiary/aromatic N) is 3. The molecule has 1 unspecified atom stereocenters. The van der Waals surface area contributed by atoms with Crippen molar-refractivity contribution in [2.75, 3.05) is 11.9 Å². The second-order valence-corrected chi connectivity index (χ2v) is 4.68. The average Bonchev–Trinajstić information content (AvgIpc) is 2.91. The number of aliphatic hydroxyl groups is 1. The number of nitriles is 1. The average molecular weight is 260 g/mol. The van der Waals surface area contributed by atoms with Gasteiger partial charge in [-0.05, 0) is 12.1 Å². The Bertz CT molecular complexity index is 535. The Morgan fingerprint density at radius 3 is 3.11 bits per heavy atom. The zero-order valence-electron chi connectivity index (χ0n) is 9.58. The molecule has 0 amide bonds. The summed E-state index contributed by atoms with van der Waals surface area (Å²) in [7, 11) is 0. The van der Waals surface area contributed by atoms with E-state index in [-0.39, 0.29) is 12.6 Å². The first-order valence-corrected chi connectivity index (χ1v) is 6.31. The van der Waals surface area contributed by atoms with E-state index in [1.54, 1.807) is 30.0 Å². The molecule has 92 valence electrons. The number of nitrogens with one attached hydrogen (secondary N) is 1. The maximum Gasteiger partial charge on any atom is 0.144 e. The zero-order valence-corrected chi connectivity index (χ0v) is 10.4. The van der Waals surface area contributed by atoms with Crippen LogP contribution >= 0.6 is 11.3 Å². The fourth-order valence-corrected chi connectivity index (χ4v) is 2.23. The number of rotatable bonds is 5. The molecule has 0 aliphatic carbocycles. The third-order valence-corrected chi connectivity index (χ3v) is 3.22. The van der Waals surface area contributed by atoms with Crippen LogP contribution in [0.2, 0.25) is 0 Å². The molecule has 0 bridgehead atoms. The van der Waals surface area contributed by atoms with Gasteiger partial charge in [-0.2, -0.15) is 5.26 Å². The van der Waals surface area contributed by atoms with Crippen LogP contribution in [0.1, 0.15) is 10.4 Å². The predicted molar refractivity (Wildman–Crippen MR) is 69.3 cm³/mol. The Morgan fingerprint density at radius 2 is 2.44 bits per heavy atom. The summed E-state index contributed by atoms with van der Waals surface area (Å²) in [6, 6.07) is 5.29. The van der Waals surface area contributed by atoms with Gasteiger partial charge in [0.15, 0.2) is 0 Å². The molecule has 2 N–H and O–H groups in total. The highest BCUT2D eigenvalue weighted by atomic mass is 32.1. The van der Waals surface area contributed by atoms with E-state index in [4.69, 9.17) is 5.26 Å². The van der Waals surface area contributed by atoms with Gasteiger partial charge in [0.05, 0.1) is 23.7 Å². The van der Waals surface area contributed by atoms with Crippen LogP contribution in [0.25, 0.3) is 0 Å². The predicted octanol–water partition coefficient (Wildman–Crippen LogP) is 1.43. The number of pyridine rings is 1. The molecule has 5 nitrogen and oxygen atoms in total. The van der Waals surface area contributed by atoms with Gasteiger partial charge in [-0.25, -0.2) is 4.98 Å². The summed E-state index contributed by atoms with van der Waals surface area (Å²) in [5, 5.41) is 21.4. The minimum atomic E-state index is -0.174. The van der Waals surface area contributed by atoms with Crippen molar-refractivity contribution in [2.24, 2.45) is 0 Å². The van der Waals surface area contributed by atoms with Gasteiger partial charge >= 0.3 is 0 Å². The molecule has 0 saturated carbocycles. The Morgan fingerprint density at radius 1 is 1.56 bits per heavy atom. The molecule has 1 atom stereocenters. The number of thiazole rings is 1. The quantitative estimate of drug-likeness (QED) is 0.849. The van der Waals surface area contributed by atoms with Crippen LogP contribution in [-0.4, -0.2) is 27.7 Å². The summed E-state index contributed by atoms with van der Waals surface area (Å²) < 4.78 is 0. The Kier molecular flexibility index (Phi) is 4.23. The summed E-state index contributed by atoms with van der Waals surface area (Å²) >= 11 is 1.54. The van der Waals surface area contributed by atoms with Crippen molar-refractivity contribution >= 4 is 17.2 Å². The molecule has 2 heterocycles. The lowest BCUT2D eigenvalue weighted by Crippen LogP contribution is -2.27. The summed E-state index contributed by atoms with van der Waals surface area (Å²) in [5.74, 6) is 0.503. The van der Waals surface area contributed by atoms with E-state index in [2.05, 4.69) is 21.4 Å². The van der Waals surface area contributed by atoms with Crippen molar-refractivity contribution < 1.29 is 5.11 Å². The highest BCUT2D eigenvalue weighted by molar-refractivity contribution is 7.09. The van der Waals surface area contributed by atoms with Gasteiger partial charge < -0.3 is 10.4 Å². The van der Waals surface area contributed by atoms with Crippen molar-refractivity contribution in [3.63, 3.8) is 0 Å². The van der Waals surface area contributed by atoms with Crippen molar-refractivity contribution in [1.82, 2.24) is 9.97 Å². The van der Waals surface area contributed by atoms with E-state index in [9.17, 15) is 5.11 Å². The summed E-state index contributed by atoms with van der Waals surface area (Å²) in [6.07, 6.45) is 4.05. The van der Waals surface area contributed by atoms with Crippen LogP contribution in [0.4, 0.5) is 5.82 Å². The molecule has 2 aromatic rings. The maximum atomic E-state index is 9.36. The highest BCUT2D eigenvalue weighted by Gasteiger charge is 2.12. The second-order valence-electron chi connectivity index (χ2n) is 3.71. The van der Waals surface area contributed by atoms with Gasteiger partial charge in [-0.1, -0.05) is 0 Å². The lowest BCUT2D eigenvalue weighted by molar-refractivity contribution is 0.274. The third-order valence-electron chi connectivity index (χ3n) is 2.42. The van der Waals surface area contributed by atoms with Gasteiger partial charge in [0.25, 0.3) is 0 Å². The highest BCUT2D eigenvalue weighted by Crippen LogP contribution is 2.14. The van der Waals surface area contributed by atoms with Crippen molar-refractivity contribution in [3.05, 3.63) is 40.5 Å². The molecule has 6 heteroatoms. The molecule has 0 spiro atoms. The molecule has 0 fully saturated rings. The van der Waals surface area contributed by atoms with Gasteiger partial charge in [0.1, 0.15) is 11.9 Å². The van der Waals surface area contributed by atoms with Gasteiger partial charge in [0.2, 0.25) is 0 Å². The fourth-order valence-electron chi connectivity index (χ4n) is 1.55. The molecule has 0 aliphatic heterocycles. The molecule has 0 aromatic carbocycles. The van der Waals surface area contributed by atoms with Gasteiger partial charge in [0, 0.05) is 23.7 Å². The Labute approximate surface area is 109 Å². The van der Waals surface area contributed by atoms with E-state index in [1.807, 2.05) is 0 Å². The van der Waals surface area contributed by atoms with Crippen LogP contribution in [0.5, 0.6) is 0 Å². The van der Waals surface area contributed by atoms with E-state index < -0.39 is 0 Å². The molecule has 2 rings (SSSR count). The first-order valence-electron chi connectivity index (χ1n) is 5.43. The smallest absolute Gasteiger partial charge is 0.144 e. The molecule has 18 heavy (non-hydrogen) atoms. The van der Waals surface area contributed by atoms with E-state index in [1.165, 1.54) is 11.3 Å². The lowest BCUT2D eigenvalue weighted by atomic mass is 10.2. The standard InChI is InChI=1S/C12H12N4OS/c13-5-9-2-1-3-15-12(9)16-10(7-17)4-11-6-14-8-18-11/h1-3,6,8,10,17H,4,7H2,(H,15,16). The molecule has 0 saturated heterocycles. The van der Waals surface area contributed by atoms with Crippen LogP contribution in [0, 0.1) is 11.3 Å². The van der Waals surface area contributed by atoms with Gasteiger partial charge in [-0.15, -0.1) is 11.3 Å². The summed E-state index contributed by atoms with van der Waals surface area (Å²) in [4.78, 5) is 9.18. The largest absolute Gasteiger partial charge is 0.394 e. The van der Waals surface area contributed by atoms with Gasteiger partial charge in [-0.3, -0.25) is 4.98 Å². The fraction of sp³-hybridized carbons (Fsp3) is 0.250. The third kappa shape index (κ3) is 3.03. The second kappa shape index (κ2) is 6.10. The molecule has 2 aromatic heterocycles. The Balaban J connectivity index is 2.08. The van der Waals surface area contributed by atoms with Crippen LogP contribution < -0.4 is 5.32 Å². The minimum absolute atomic E-state index is 0.0284. The maximum absolute atomic E-state index is 9.36.